The number of aromatic nitrogens is 2. The van der Waals surface area contributed by atoms with Gasteiger partial charge in [0, 0.05) is 35.8 Å². The Kier molecular flexibility index (Phi) is 3.84. The first-order chi connectivity index (χ1) is 10.1. The van der Waals surface area contributed by atoms with E-state index >= 15 is 0 Å². The molecule has 1 aromatic heterocycles. The van der Waals surface area contributed by atoms with Crippen LogP contribution < -0.4 is 4.74 Å². The lowest BCUT2D eigenvalue weighted by Crippen LogP contribution is -2.38. The molecule has 0 saturated carbocycles. The minimum absolute atomic E-state index is 0.0190. The van der Waals surface area contributed by atoms with Gasteiger partial charge in [0.25, 0.3) is 5.91 Å². The summed E-state index contributed by atoms with van der Waals surface area (Å²) in [6, 6.07) is 5.38. The molecule has 6 heteroatoms. The van der Waals surface area contributed by atoms with Gasteiger partial charge in [-0.15, -0.1) is 0 Å². The van der Waals surface area contributed by atoms with Crippen LogP contribution in [0.4, 0.5) is 0 Å². The van der Waals surface area contributed by atoms with E-state index in [-0.39, 0.29) is 12.5 Å². The van der Waals surface area contributed by atoms with Gasteiger partial charge in [-0.2, -0.15) is 5.10 Å². The van der Waals surface area contributed by atoms with Crippen LogP contribution in [0.3, 0.4) is 0 Å². The first-order valence-corrected chi connectivity index (χ1v) is 7.19. The molecule has 0 saturated heterocycles. The molecule has 0 spiro atoms. The Morgan fingerprint density at radius 1 is 1.52 bits per heavy atom. The highest BCUT2D eigenvalue weighted by molar-refractivity contribution is 6.31. The molecule has 0 bridgehead atoms. The van der Waals surface area contributed by atoms with Gasteiger partial charge in [0.1, 0.15) is 5.75 Å². The van der Waals surface area contributed by atoms with Crippen molar-refractivity contribution >= 4 is 17.5 Å². The predicted molar refractivity (Wildman–Crippen MR) is 79.4 cm³/mol. The third-order valence-corrected chi connectivity index (χ3v) is 4.07. The second-order valence-corrected chi connectivity index (χ2v) is 5.55. The van der Waals surface area contributed by atoms with Gasteiger partial charge in [-0.25, -0.2) is 0 Å². The number of carbonyl (C=O) groups excluding carboxylic acids is 1. The molecule has 1 amide bonds. The number of nitrogens with one attached hydrogen (secondary N) is 1. The molecule has 1 N–H and O–H groups in total. The Labute approximate surface area is 127 Å². The number of aryl methyl sites for hydroxylation is 1. The van der Waals surface area contributed by atoms with E-state index in [1.54, 1.807) is 23.2 Å². The van der Waals surface area contributed by atoms with E-state index in [0.29, 0.717) is 23.9 Å². The molecule has 0 atom stereocenters. The van der Waals surface area contributed by atoms with Gasteiger partial charge in [0.2, 0.25) is 0 Å². The number of carbonyl (C=O) groups is 1. The topological polar surface area (TPSA) is 58.2 Å². The molecule has 2 aromatic rings. The summed E-state index contributed by atoms with van der Waals surface area (Å²) >= 11 is 5.96. The average Bonchev–Trinajstić information content (AvgIpc) is 2.95. The van der Waals surface area contributed by atoms with Crippen LogP contribution in [0, 0.1) is 6.92 Å². The summed E-state index contributed by atoms with van der Waals surface area (Å²) in [7, 11) is 0. The summed E-state index contributed by atoms with van der Waals surface area (Å²) < 4.78 is 5.55. The van der Waals surface area contributed by atoms with Crippen molar-refractivity contribution in [3.63, 3.8) is 0 Å². The van der Waals surface area contributed by atoms with Gasteiger partial charge in [0.15, 0.2) is 6.61 Å². The Morgan fingerprint density at radius 3 is 3.19 bits per heavy atom. The Balaban J connectivity index is 1.58. The van der Waals surface area contributed by atoms with Crippen molar-refractivity contribution in [2.75, 3.05) is 13.2 Å². The van der Waals surface area contributed by atoms with Crippen molar-refractivity contribution in [1.82, 2.24) is 15.1 Å². The summed E-state index contributed by atoms with van der Waals surface area (Å²) in [6.45, 7) is 3.22. The lowest BCUT2D eigenvalue weighted by atomic mass is 10.1. The summed E-state index contributed by atoms with van der Waals surface area (Å²) in [5, 5.41) is 7.65. The number of H-pyrrole nitrogens is 1. The molecule has 0 fully saturated rings. The number of halogens is 1. The molecule has 3 rings (SSSR count). The molecular weight excluding hydrogens is 290 g/mol. The van der Waals surface area contributed by atoms with E-state index in [1.165, 1.54) is 0 Å². The van der Waals surface area contributed by atoms with Gasteiger partial charge in [-0.3, -0.25) is 9.89 Å². The molecule has 2 heterocycles. The molecule has 0 aliphatic carbocycles. The third-order valence-electron chi connectivity index (χ3n) is 3.64. The highest BCUT2D eigenvalue weighted by Crippen LogP contribution is 2.21. The van der Waals surface area contributed by atoms with Crippen LogP contribution in [0.25, 0.3) is 0 Å². The van der Waals surface area contributed by atoms with Crippen LogP contribution in [0.1, 0.15) is 16.8 Å². The lowest BCUT2D eigenvalue weighted by Gasteiger charge is -2.26. The Hall–Kier alpha value is -2.01. The summed E-state index contributed by atoms with van der Waals surface area (Å²) in [4.78, 5) is 14.0. The normalized spacial score (nSPS) is 13.9. The minimum Gasteiger partial charge on any atom is -0.484 e. The predicted octanol–water partition coefficient (Wildman–Crippen LogP) is 2.34. The zero-order valence-corrected chi connectivity index (χ0v) is 12.5. The van der Waals surface area contributed by atoms with Crippen molar-refractivity contribution in [2.24, 2.45) is 0 Å². The van der Waals surface area contributed by atoms with Gasteiger partial charge in [-0.05, 0) is 30.7 Å². The van der Waals surface area contributed by atoms with Crippen molar-refractivity contribution in [1.29, 1.82) is 0 Å². The first-order valence-electron chi connectivity index (χ1n) is 6.81. The SMILES string of the molecule is Cc1cc(OCC(=O)N2CCc3[nH]ncc3C2)ccc1Cl. The van der Waals surface area contributed by atoms with Crippen LogP contribution in [0.5, 0.6) is 5.75 Å². The smallest absolute Gasteiger partial charge is 0.260 e. The van der Waals surface area contributed by atoms with E-state index in [9.17, 15) is 4.79 Å². The van der Waals surface area contributed by atoms with Crippen LogP contribution in [-0.4, -0.2) is 34.2 Å². The maximum atomic E-state index is 12.2. The number of ether oxygens (including phenoxy) is 1. The largest absolute Gasteiger partial charge is 0.484 e. The lowest BCUT2D eigenvalue weighted by molar-refractivity contribution is -0.134. The van der Waals surface area contributed by atoms with Crippen LogP contribution in [-0.2, 0) is 17.8 Å². The third kappa shape index (κ3) is 3.03. The quantitative estimate of drug-likeness (QED) is 0.947. The van der Waals surface area contributed by atoms with Gasteiger partial charge < -0.3 is 9.64 Å². The molecule has 1 aliphatic rings. The Bertz CT molecular complexity index is 669. The summed E-state index contributed by atoms with van der Waals surface area (Å²) in [5.41, 5.74) is 3.13. The first kappa shape index (κ1) is 13.9. The maximum absolute atomic E-state index is 12.2. The van der Waals surface area contributed by atoms with E-state index in [2.05, 4.69) is 10.2 Å². The highest BCUT2D eigenvalue weighted by Gasteiger charge is 2.22. The monoisotopic (exact) mass is 305 g/mol. The number of fused-ring (bicyclic) bond motifs is 1. The van der Waals surface area contributed by atoms with Crippen molar-refractivity contribution in [3.05, 3.63) is 46.2 Å². The fraction of sp³-hybridized carbons (Fsp3) is 0.333. The summed E-state index contributed by atoms with van der Waals surface area (Å²) in [6.07, 6.45) is 2.58. The van der Waals surface area contributed by atoms with Crippen LogP contribution >= 0.6 is 11.6 Å². The molecule has 1 aliphatic heterocycles. The molecular formula is C15H16ClN3O2. The second-order valence-electron chi connectivity index (χ2n) is 5.14. The zero-order valence-electron chi connectivity index (χ0n) is 11.7. The maximum Gasteiger partial charge on any atom is 0.260 e. The number of aromatic amines is 1. The van der Waals surface area contributed by atoms with Crippen molar-refractivity contribution in [3.8, 4) is 5.75 Å². The van der Waals surface area contributed by atoms with E-state index < -0.39 is 0 Å². The molecule has 0 radical (unpaired) electrons. The van der Waals surface area contributed by atoms with Crippen LogP contribution in [0.2, 0.25) is 5.02 Å². The number of hydrogen-bond donors (Lipinski definition) is 1. The highest BCUT2D eigenvalue weighted by atomic mass is 35.5. The van der Waals surface area contributed by atoms with E-state index in [1.807, 2.05) is 13.0 Å². The molecule has 5 nitrogen and oxygen atoms in total. The fourth-order valence-electron chi connectivity index (χ4n) is 2.38. The van der Waals surface area contributed by atoms with Gasteiger partial charge in [0.05, 0.1) is 6.20 Å². The number of amides is 1. The Morgan fingerprint density at radius 2 is 2.38 bits per heavy atom. The summed E-state index contributed by atoms with van der Waals surface area (Å²) in [5.74, 6) is 0.640. The van der Waals surface area contributed by atoms with Crippen molar-refractivity contribution < 1.29 is 9.53 Å². The second kappa shape index (κ2) is 5.77. The number of hydrogen-bond acceptors (Lipinski definition) is 3. The minimum atomic E-state index is -0.0190. The molecule has 21 heavy (non-hydrogen) atoms. The zero-order chi connectivity index (χ0) is 14.8. The van der Waals surface area contributed by atoms with Gasteiger partial charge in [-0.1, -0.05) is 11.6 Å². The molecule has 110 valence electrons. The number of benzene rings is 1. The van der Waals surface area contributed by atoms with Crippen molar-refractivity contribution in [2.45, 2.75) is 19.9 Å². The average molecular weight is 306 g/mol. The number of rotatable bonds is 3. The standard InChI is InChI=1S/C15H16ClN3O2/c1-10-6-12(2-3-13(10)16)21-9-15(20)19-5-4-14-11(8-19)7-17-18-14/h2-3,6-7H,4-5,8-9H2,1H3,(H,17,18). The number of nitrogens with zero attached hydrogens (tertiary/aromatic N) is 2. The van der Waals surface area contributed by atoms with E-state index in [0.717, 1.165) is 23.2 Å². The fourth-order valence-corrected chi connectivity index (χ4v) is 2.50. The van der Waals surface area contributed by atoms with E-state index in [4.69, 9.17) is 16.3 Å². The molecule has 0 unspecified atom stereocenters. The molecule has 1 aromatic carbocycles. The van der Waals surface area contributed by atoms with Crippen LogP contribution in [0.15, 0.2) is 24.4 Å². The van der Waals surface area contributed by atoms with Gasteiger partial charge >= 0.3 is 0 Å².